The predicted molar refractivity (Wildman–Crippen MR) is 102 cm³/mol. The Bertz CT molecular complexity index is 696. The van der Waals surface area contributed by atoms with E-state index in [4.69, 9.17) is 0 Å². The second kappa shape index (κ2) is 8.33. The zero-order valence-corrected chi connectivity index (χ0v) is 16.3. The highest BCUT2D eigenvalue weighted by atomic mass is 79.9. The molecule has 0 saturated carbocycles. The lowest BCUT2D eigenvalue weighted by Crippen LogP contribution is -2.35. The normalized spacial score (nSPS) is 10.9. The van der Waals surface area contributed by atoms with Crippen molar-refractivity contribution in [3.8, 4) is 0 Å². The summed E-state index contributed by atoms with van der Waals surface area (Å²) in [6, 6.07) is 8.39. The number of nitrogens with zero attached hydrogens (tertiary/aromatic N) is 2. The SMILES string of the molecule is CCN(CCNC(=O)c1n[nH]c(C(C)C)c1Br)c1cccc(C)c1. The molecule has 24 heavy (non-hydrogen) atoms. The molecule has 1 aromatic heterocycles. The molecule has 1 aromatic carbocycles. The third-order valence-corrected chi connectivity index (χ3v) is 4.74. The van der Waals surface area contributed by atoms with Gasteiger partial charge in [-0.3, -0.25) is 9.89 Å². The molecule has 0 spiro atoms. The van der Waals surface area contributed by atoms with E-state index < -0.39 is 0 Å². The van der Waals surface area contributed by atoms with Crippen LogP contribution in [0.5, 0.6) is 0 Å². The molecule has 2 aromatic rings. The van der Waals surface area contributed by atoms with Gasteiger partial charge in [-0.1, -0.05) is 26.0 Å². The summed E-state index contributed by atoms with van der Waals surface area (Å²) in [6.45, 7) is 10.5. The maximum atomic E-state index is 12.3. The molecule has 0 unspecified atom stereocenters. The molecule has 130 valence electrons. The quantitative estimate of drug-likeness (QED) is 0.751. The summed E-state index contributed by atoms with van der Waals surface area (Å²) in [4.78, 5) is 14.6. The fourth-order valence-electron chi connectivity index (χ4n) is 2.56. The molecule has 1 amide bonds. The van der Waals surface area contributed by atoms with E-state index in [0.29, 0.717) is 12.2 Å². The lowest BCUT2D eigenvalue weighted by atomic mass is 10.1. The second-order valence-electron chi connectivity index (χ2n) is 6.13. The second-order valence-corrected chi connectivity index (χ2v) is 6.92. The van der Waals surface area contributed by atoms with Crippen molar-refractivity contribution in [3.63, 3.8) is 0 Å². The van der Waals surface area contributed by atoms with Crippen LogP contribution < -0.4 is 10.2 Å². The monoisotopic (exact) mass is 392 g/mol. The van der Waals surface area contributed by atoms with Gasteiger partial charge < -0.3 is 10.2 Å². The summed E-state index contributed by atoms with van der Waals surface area (Å²) in [6.07, 6.45) is 0. The van der Waals surface area contributed by atoms with E-state index >= 15 is 0 Å². The summed E-state index contributed by atoms with van der Waals surface area (Å²) in [5.41, 5.74) is 3.76. The van der Waals surface area contributed by atoms with Gasteiger partial charge in [-0.25, -0.2) is 0 Å². The van der Waals surface area contributed by atoms with Crippen LogP contribution in [0.3, 0.4) is 0 Å². The minimum atomic E-state index is -0.162. The first-order chi connectivity index (χ1) is 11.4. The molecular formula is C18H25BrN4O. The van der Waals surface area contributed by atoms with Crippen LogP contribution in [0.2, 0.25) is 0 Å². The molecule has 0 fully saturated rings. The van der Waals surface area contributed by atoms with Gasteiger partial charge in [0.1, 0.15) is 0 Å². The van der Waals surface area contributed by atoms with E-state index in [9.17, 15) is 4.79 Å². The van der Waals surface area contributed by atoms with Gasteiger partial charge in [-0.15, -0.1) is 0 Å². The van der Waals surface area contributed by atoms with Crippen molar-refractivity contribution in [3.05, 3.63) is 45.7 Å². The van der Waals surface area contributed by atoms with Gasteiger partial charge >= 0.3 is 0 Å². The highest BCUT2D eigenvalue weighted by Crippen LogP contribution is 2.25. The topological polar surface area (TPSA) is 61.0 Å². The molecule has 0 aliphatic carbocycles. The first-order valence-electron chi connectivity index (χ1n) is 8.27. The molecule has 0 aliphatic heterocycles. The first kappa shape index (κ1) is 18.5. The van der Waals surface area contributed by atoms with Crippen LogP contribution in [0.1, 0.15) is 48.4 Å². The number of carbonyl (C=O) groups excluding carboxylic acids is 1. The van der Waals surface area contributed by atoms with E-state index in [1.165, 1.54) is 11.3 Å². The lowest BCUT2D eigenvalue weighted by Gasteiger charge is -2.23. The van der Waals surface area contributed by atoms with Gasteiger partial charge in [-0.2, -0.15) is 5.10 Å². The smallest absolute Gasteiger partial charge is 0.273 e. The van der Waals surface area contributed by atoms with Crippen LogP contribution in [0.4, 0.5) is 5.69 Å². The Kier molecular flexibility index (Phi) is 6.43. The first-order valence-corrected chi connectivity index (χ1v) is 9.06. The number of rotatable bonds is 7. The van der Waals surface area contributed by atoms with Crippen molar-refractivity contribution >= 4 is 27.5 Å². The summed E-state index contributed by atoms with van der Waals surface area (Å²) < 4.78 is 0.751. The average molecular weight is 393 g/mol. The van der Waals surface area contributed by atoms with Crippen LogP contribution >= 0.6 is 15.9 Å². The Hall–Kier alpha value is -1.82. The standard InChI is InChI=1S/C18H25BrN4O/c1-5-23(14-8-6-7-13(4)11-14)10-9-20-18(24)17-15(19)16(12(2)3)21-22-17/h6-8,11-12H,5,9-10H2,1-4H3,(H,20,24)(H,21,22). The Morgan fingerprint density at radius 2 is 2.17 bits per heavy atom. The molecule has 0 saturated heterocycles. The zero-order valence-electron chi connectivity index (χ0n) is 14.7. The molecule has 6 heteroatoms. The Balaban J connectivity index is 1.94. The number of anilines is 1. The van der Waals surface area contributed by atoms with Gasteiger partial charge in [0.2, 0.25) is 0 Å². The van der Waals surface area contributed by atoms with E-state index in [1.807, 2.05) is 0 Å². The van der Waals surface area contributed by atoms with Crippen molar-refractivity contribution in [2.45, 2.75) is 33.6 Å². The van der Waals surface area contributed by atoms with Crippen LogP contribution in [0, 0.1) is 6.92 Å². The van der Waals surface area contributed by atoms with Crippen LogP contribution in [-0.2, 0) is 0 Å². The largest absolute Gasteiger partial charge is 0.370 e. The third-order valence-electron chi connectivity index (χ3n) is 3.94. The fourth-order valence-corrected chi connectivity index (χ4v) is 3.37. The van der Waals surface area contributed by atoms with E-state index in [0.717, 1.165) is 23.3 Å². The number of likely N-dealkylation sites (N-methyl/N-ethyl adjacent to an activating group) is 1. The number of carbonyl (C=O) groups is 1. The Morgan fingerprint density at radius 3 is 2.75 bits per heavy atom. The minimum Gasteiger partial charge on any atom is -0.370 e. The molecule has 1 heterocycles. The number of aromatic nitrogens is 2. The highest BCUT2D eigenvalue weighted by molar-refractivity contribution is 9.10. The predicted octanol–water partition coefficient (Wildman–Crippen LogP) is 3.86. The van der Waals surface area contributed by atoms with Crippen LogP contribution in [0.15, 0.2) is 28.7 Å². The number of aromatic amines is 1. The minimum absolute atomic E-state index is 0.162. The number of hydrogen-bond donors (Lipinski definition) is 2. The summed E-state index contributed by atoms with van der Waals surface area (Å²) in [5.74, 6) is 0.121. The molecule has 2 N–H and O–H groups in total. The van der Waals surface area contributed by atoms with E-state index in [2.05, 4.69) is 88.3 Å². The summed E-state index contributed by atoms with van der Waals surface area (Å²) in [5, 5.41) is 10.0. The van der Waals surface area contributed by atoms with Gasteiger partial charge in [0.25, 0.3) is 5.91 Å². The number of halogens is 1. The number of aryl methyl sites for hydroxylation is 1. The average Bonchev–Trinajstić information content (AvgIpc) is 2.93. The molecule has 5 nitrogen and oxygen atoms in total. The zero-order chi connectivity index (χ0) is 17.7. The van der Waals surface area contributed by atoms with Crippen molar-refractivity contribution < 1.29 is 4.79 Å². The molecule has 2 rings (SSSR count). The number of benzene rings is 1. The molecule has 0 aliphatic rings. The molecule has 0 bridgehead atoms. The van der Waals surface area contributed by atoms with Crippen molar-refractivity contribution in [1.82, 2.24) is 15.5 Å². The fraction of sp³-hybridized carbons (Fsp3) is 0.444. The highest BCUT2D eigenvalue weighted by Gasteiger charge is 2.19. The number of hydrogen-bond acceptors (Lipinski definition) is 3. The Labute approximate surface area is 152 Å². The lowest BCUT2D eigenvalue weighted by molar-refractivity contribution is 0.0949. The van der Waals surface area contributed by atoms with Crippen molar-refractivity contribution in [2.24, 2.45) is 0 Å². The summed E-state index contributed by atoms with van der Waals surface area (Å²) >= 11 is 3.47. The third kappa shape index (κ3) is 4.38. The van der Waals surface area contributed by atoms with Crippen molar-refractivity contribution in [2.75, 3.05) is 24.5 Å². The molecule has 0 atom stereocenters. The van der Waals surface area contributed by atoms with Crippen molar-refractivity contribution in [1.29, 1.82) is 0 Å². The van der Waals surface area contributed by atoms with E-state index in [-0.39, 0.29) is 11.8 Å². The maximum absolute atomic E-state index is 12.3. The molecular weight excluding hydrogens is 368 g/mol. The van der Waals surface area contributed by atoms with E-state index in [1.54, 1.807) is 0 Å². The van der Waals surface area contributed by atoms with Crippen LogP contribution in [-0.4, -0.2) is 35.7 Å². The van der Waals surface area contributed by atoms with Gasteiger partial charge in [0.15, 0.2) is 5.69 Å². The van der Waals surface area contributed by atoms with Gasteiger partial charge in [0, 0.05) is 25.3 Å². The summed E-state index contributed by atoms with van der Waals surface area (Å²) in [7, 11) is 0. The van der Waals surface area contributed by atoms with Gasteiger partial charge in [-0.05, 0) is 53.4 Å². The number of nitrogens with one attached hydrogen (secondary N) is 2. The molecule has 0 radical (unpaired) electrons. The Morgan fingerprint density at radius 1 is 1.42 bits per heavy atom. The maximum Gasteiger partial charge on any atom is 0.273 e. The number of H-pyrrole nitrogens is 1. The van der Waals surface area contributed by atoms with Gasteiger partial charge in [0.05, 0.1) is 10.2 Å². The van der Waals surface area contributed by atoms with Crippen LogP contribution in [0.25, 0.3) is 0 Å². The number of amides is 1.